The Morgan fingerprint density at radius 2 is 2.04 bits per heavy atom. The second-order valence-electron chi connectivity index (χ2n) is 8.03. The minimum absolute atomic E-state index is 0.744. The van der Waals surface area contributed by atoms with Crippen molar-refractivity contribution in [2.24, 2.45) is 0 Å². The Morgan fingerprint density at radius 3 is 2.96 bits per heavy atom. The third-order valence-electron chi connectivity index (χ3n) is 6.64. The Morgan fingerprint density at radius 1 is 1.04 bits per heavy atom. The number of hydrogen-bond acceptors (Lipinski definition) is 1. The molecule has 2 aliphatic heterocycles. The number of fused-ring (bicyclic) bond motifs is 2. The van der Waals surface area contributed by atoms with Gasteiger partial charge in [0.05, 0.1) is 0 Å². The van der Waals surface area contributed by atoms with Crippen molar-refractivity contribution >= 4 is 16.5 Å². The third kappa shape index (κ3) is 2.52. The molecule has 1 aromatic carbocycles. The van der Waals surface area contributed by atoms with E-state index in [1.165, 1.54) is 80.9 Å². The van der Waals surface area contributed by atoms with Crippen LogP contribution in [0, 0.1) is 0 Å². The van der Waals surface area contributed by atoms with Crippen molar-refractivity contribution in [3.63, 3.8) is 0 Å². The number of piperidine rings is 1. The largest absolute Gasteiger partial charge is 0.361 e. The maximum absolute atomic E-state index is 3.54. The SMILES string of the molecule is C1=C(c2ccc3[nH]cc(C4CCN5CCCC5C4)c3c2)CCCC1. The lowest BCUT2D eigenvalue weighted by Gasteiger charge is -2.34. The maximum atomic E-state index is 3.54. The van der Waals surface area contributed by atoms with Crippen LogP contribution in [-0.2, 0) is 0 Å². The molecule has 1 N–H and O–H groups in total. The van der Waals surface area contributed by atoms with Crippen LogP contribution in [0.15, 0.2) is 30.5 Å². The molecule has 3 aliphatic rings. The number of hydrogen-bond donors (Lipinski definition) is 1. The van der Waals surface area contributed by atoms with Gasteiger partial charge >= 0.3 is 0 Å². The molecule has 1 aliphatic carbocycles. The molecular formula is C22H28N2. The molecular weight excluding hydrogens is 292 g/mol. The first-order valence-corrected chi connectivity index (χ1v) is 9.93. The number of aromatic amines is 1. The van der Waals surface area contributed by atoms with E-state index in [2.05, 4.69) is 40.4 Å². The molecule has 2 aromatic rings. The van der Waals surface area contributed by atoms with Crippen LogP contribution >= 0.6 is 0 Å². The molecule has 0 radical (unpaired) electrons. The molecule has 2 nitrogen and oxygen atoms in total. The highest BCUT2D eigenvalue weighted by Gasteiger charge is 2.33. The Bertz CT molecular complexity index is 769. The summed E-state index contributed by atoms with van der Waals surface area (Å²) in [6.45, 7) is 2.64. The quantitative estimate of drug-likeness (QED) is 0.777. The van der Waals surface area contributed by atoms with Crippen LogP contribution in [0.1, 0.15) is 68.4 Å². The zero-order chi connectivity index (χ0) is 15.9. The van der Waals surface area contributed by atoms with Crippen LogP contribution in [0.25, 0.3) is 16.5 Å². The zero-order valence-electron chi connectivity index (χ0n) is 14.6. The van der Waals surface area contributed by atoms with Crippen LogP contribution in [0.3, 0.4) is 0 Å². The summed E-state index contributed by atoms with van der Waals surface area (Å²) >= 11 is 0. The average molecular weight is 320 g/mol. The van der Waals surface area contributed by atoms with Crippen molar-refractivity contribution in [1.82, 2.24) is 9.88 Å². The Hall–Kier alpha value is -1.54. The molecule has 2 saturated heterocycles. The van der Waals surface area contributed by atoms with Crippen molar-refractivity contribution in [2.45, 2.75) is 63.3 Å². The molecule has 2 atom stereocenters. The van der Waals surface area contributed by atoms with Crippen LogP contribution in [-0.4, -0.2) is 29.0 Å². The Labute approximate surface area is 144 Å². The molecule has 1 aromatic heterocycles. The van der Waals surface area contributed by atoms with E-state index in [9.17, 15) is 0 Å². The molecule has 126 valence electrons. The molecule has 2 fully saturated rings. The highest BCUT2D eigenvalue weighted by atomic mass is 15.2. The van der Waals surface area contributed by atoms with E-state index in [-0.39, 0.29) is 0 Å². The predicted molar refractivity (Wildman–Crippen MR) is 101 cm³/mol. The first-order chi connectivity index (χ1) is 11.9. The monoisotopic (exact) mass is 320 g/mol. The molecule has 2 heteroatoms. The molecule has 0 spiro atoms. The minimum Gasteiger partial charge on any atom is -0.361 e. The summed E-state index contributed by atoms with van der Waals surface area (Å²) in [7, 11) is 0. The standard InChI is InChI=1S/C22H28N2/c1-2-5-16(6-3-1)17-8-9-22-20(14-17)21(15-23-22)18-10-12-24-11-4-7-19(24)13-18/h5,8-9,14-15,18-19,23H,1-4,6-7,10-13H2. The van der Waals surface area contributed by atoms with E-state index in [0.717, 1.165) is 12.0 Å². The Kier molecular flexibility index (Phi) is 3.74. The number of benzene rings is 1. The van der Waals surface area contributed by atoms with Crippen LogP contribution in [0.4, 0.5) is 0 Å². The van der Waals surface area contributed by atoms with Crippen molar-refractivity contribution in [3.8, 4) is 0 Å². The van der Waals surface area contributed by atoms with E-state index >= 15 is 0 Å². The normalized spacial score (nSPS) is 28.1. The van der Waals surface area contributed by atoms with Gasteiger partial charge in [-0.25, -0.2) is 0 Å². The molecule has 0 bridgehead atoms. The average Bonchev–Trinajstić information content (AvgIpc) is 3.27. The van der Waals surface area contributed by atoms with Gasteiger partial charge in [0.1, 0.15) is 0 Å². The highest BCUT2D eigenvalue weighted by molar-refractivity contribution is 5.87. The van der Waals surface area contributed by atoms with Gasteiger partial charge in [0.2, 0.25) is 0 Å². The van der Waals surface area contributed by atoms with E-state index in [4.69, 9.17) is 0 Å². The molecule has 0 amide bonds. The summed E-state index contributed by atoms with van der Waals surface area (Å²) in [6, 6.07) is 7.94. The summed E-state index contributed by atoms with van der Waals surface area (Å²) in [5, 5.41) is 1.48. The molecule has 24 heavy (non-hydrogen) atoms. The first kappa shape index (κ1) is 14.8. The maximum Gasteiger partial charge on any atom is 0.0457 e. The fraction of sp³-hybridized carbons (Fsp3) is 0.545. The number of H-pyrrole nitrogens is 1. The fourth-order valence-corrected chi connectivity index (χ4v) is 5.29. The van der Waals surface area contributed by atoms with Gasteiger partial charge in [-0.2, -0.15) is 0 Å². The Balaban J connectivity index is 1.48. The van der Waals surface area contributed by atoms with Gasteiger partial charge in [0.15, 0.2) is 0 Å². The van der Waals surface area contributed by atoms with Crippen LogP contribution in [0.5, 0.6) is 0 Å². The summed E-state index contributed by atoms with van der Waals surface area (Å²) in [4.78, 5) is 6.27. The van der Waals surface area contributed by atoms with Gasteiger partial charge < -0.3 is 9.88 Å². The van der Waals surface area contributed by atoms with Crippen LogP contribution in [0.2, 0.25) is 0 Å². The minimum atomic E-state index is 0.744. The van der Waals surface area contributed by atoms with Crippen molar-refractivity contribution in [3.05, 3.63) is 41.6 Å². The number of rotatable bonds is 2. The first-order valence-electron chi connectivity index (χ1n) is 9.93. The number of aromatic nitrogens is 1. The number of nitrogens with one attached hydrogen (secondary N) is 1. The number of allylic oxidation sites excluding steroid dienone is 2. The second-order valence-corrected chi connectivity index (χ2v) is 8.03. The van der Waals surface area contributed by atoms with Gasteiger partial charge in [0.25, 0.3) is 0 Å². The lowest BCUT2D eigenvalue weighted by atomic mass is 9.84. The zero-order valence-corrected chi connectivity index (χ0v) is 14.6. The summed E-state index contributed by atoms with van der Waals surface area (Å²) in [6.07, 6.45) is 15.5. The number of nitrogens with zero attached hydrogens (tertiary/aromatic N) is 1. The van der Waals surface area contributed by atoms with E-state index in [1.54, 1.807) is 11.1 Å². The lowest BCUT2D eigenvalue weighted by molar-refractivity contribution is 0.181. The van der Waals surface area contributed by atoms with E-state index < -0.39 is 0 Å². The van der Waals surface area contributed by atoms with E-state index in [0.29, 0.717) is 0 Å². The van der Waals surface area contributed by atoms with Gasteiger partial charge in [0, 0.05) is 23.1 Å². The smallest absolute Gasteiger partial charge is 0.0457 e. The topological polar surface area (TPSA) is 19.0 Å². The van der Waals surface area contributed by atoms with Crippen LogP contribution < -0.4 is 0 Å². The van der Waals surface area contributed by atoms with Crippen molar-refractivity contribution < 1.29 is 0 Å². The molecule has 5 rings (SSSR count). The summed E-state index contributed by atoms with van der Waals surface area (Å²) in [5.41, 5.74) is 5.93. The van der Waals surface area contributed by atoms with Crippen molar-refractivity contribution in [1.29, 1.82) is 0 Å². The molecule has 2 unspecified atom stereocenters. The van der Waals surface area contributed by atoms with Crippen molar-refractivity contribution in [2.75, 3.05) is 13.1 Å². The van der Waals surface area contributed by atoms with Gasteiger partial charge in [-0.3, -0.25) is 0 Å². The van der Waals surface area contributed by atoms with Gasteiger partial charge in [-0.15, -0.1) is 0 Å². The fourth-order valence-electron chi connectivity index (χ4n) is 5.29. The predicted octanol–water partition coefficient (Wildman–Crippen LogP) is 5.47. The third-order valence-corrected chi connectivity index (χ3v) is 6.64. The second kappa shape index (κ2) is 6.07. The van der Waals surface area contributed by atoms with Gasteiger partial charge in [-0.1, -0.05) is 12.1 Å². The lowest BCUT2D eigenvalue weighted by Crippen LogP contribution is -2.37. The summed E-state index contributed by atoms with van der Waals surface area (Å²) < 4.78 is 0. The van der Waals surface area contributed by atoms with Gasteiger partial charge in [-0.05, 0) is 99.2 Å². The molecule has 0 saturated carbocycles. The highest BCUT2D eigenvalue weighted by Crippen LogP contribution is 2.39. The van der Waals surface area contributed by atoms with E-state index in [1.807, 2.05) is 0 Å². The molecule has 3 heterocycles. The summed E-state index contributed by atoms with van der Waals surface area (Å²) in [5.74, 6) is 0.744.